The van der Waals surface area contributed by atoms with Gasteiger partial charge in [0.05, 0.1) is 17.8 Å². The fourth-order valence-electron chi connectivity index (χ4n) is 2.82. The number of alkyl halides is 3. The molecule has 3 rings (SSSR count). The second-order valence-electron chi connectivity index (χ2n) is 6.09. The van der Waals surface area contributed by atoms with Crippen LogP contribution in [-0.2, 0) is 10.3 Å². The van der Waals surface area contributed by atoms with Gasteiger partial charge in [0.15, 0.2) is 0 Å². The summed E-state index contributed by atoms with van der Waals surface area (Å²) in [7, 11) is 0. The van der Waals surface area contributed by atoms with Crippen molar-refractivity contribution in [3.05, 3.63) is 65.0 Å². The first kappa shape index (κ1) is 20.1. The van der Waals surface area contributed by atoms with Crippen LogP contribution in [0.2, 0.25) is 0 Å². The van der Waals surface area contributed by atoms with Crippen LogP contribution in [0.3, 0.4) is 0 Å². The molecule has 1 heterocycles. The summed E-state index contributed by atoms with van der Waals surface area (Å²) in [5, 5.41) is 13.2. The first-order valence-electron chi connectivity index (χ1n) is 8.02. The van der Waals surface area contributed by atoms with Gasteiger partial charge in [0.1, 0.15) is 5.82 Å². The number of aromatic carboxylic acids is 1. The van der Waals surface area contributed by atoms with Crippen LogP contribution in [0.25, 0.3) is 0 Å². The zero-order valence-electron chi connectivity index (χ0n) is 14.3. The van der Waals surface area contributed by atoms with Crippen LogP contribution in [0.5, 0.6) is 0 Å². The van der Waals surface area contributed by atoms with E-state index in [2.05, 4.69) is 10.1 Å². The van der Waals surface area contributed by atoms with E-state index in [0.717, 1.165) is 36.4 Å². The molecule has 0 spiro atoms. The van der Waals surface area contributed by atoms with E-state index >= 15 is 0 Å². The molecule has 0 fully saturated rings. The predicted molar refractivity (Wildman–Crippen MR) is 90.0 cm³/mol. The number of carbonyl (C=O) groups excluding carboxylic acids is 2. The van der Waals surface area contributed by atoms with E-state index in [9.17, 15) is 31.9 Å². The van der Waals surface area contributed by atoms with E-state index < -0.39 is 53.2 Å². The number of benzene rings is 2. The van der Waals surface area contributed by atoms with Crippen LogP contribution >= 0.6 is 0 Å². The minimum atomic E-state index is -5.20. The Kier molecular flexibility index (Phi) is 4.91. The smallest absolute Gasteiger partial charge is 0.434 e. The highest BCUT2D eigenvalue weighted by atomic mass is 19.4. The predicted octanol–water partition coefficient (Wildman–Crippen LogP) is 3.27. The van der Waals surface area contributed by atoms with Crippen molar-refractivity contribution in [1.29, 1.82) is 0 Å². The van der Waals surface area contributed by atoms with Crippen LogP contribution in [-0.4, -0.2) is 35.8 Å². The van der Waals surface area contributed by atoms with Crippen LogP contribution in [0.1, 0.15) is 26.3 Å². The van der Waals surface area contributed by atoms with Gasteiger partial charge in [0.25, 0.3) is 11.5 Å². The Bertz CT molecular complexity index is 991. The molecule has 1 unspecified atom stereocenters. The fraction of sp³-hybridized carbons (Fsp3) is 0.167. The van der Waals surface area contributed by atoms with Gasteiger partial charge >= 0.3 is 18.2 Å². The zero-order valence-corrected chi connectivity index (χ0v) is 14.3. The van der Waals surface area contributed by atoms with Crippen molar-refractivity contribution in [3.8, 4) is 0 Å². The van der Waals surface area contributed by atoms with E-state index in [0.29, 0.717) is 6.07 Å². The number of carbonyl (C=O) groups is 3. The number of cyclic esters (lactones) is 1. The quantitative estimate of drug-likeness (QED) is 0.669. The third-order valence-electron chi connectivity index (χ3n) is 4.27. The van der Waals surface area contributed by atoms with Gasteiger partial charge in [-0.1, -0.05) is 0 Å². The maximum atomic E-state index is 14.0. The standard InChI is InChI=1S/C18H12F4N2O5/c19-11-4-1-9(2-5-11)14(25)23-8-17(18(20,21)22)12-7-10(15(26)27)3-6-13(12)24-16(28)29-17/h1-7H,8H2,(H,23,25)(H,24,28)(H,26,27). The van der Waals surface area contributed by atoms with Crippen LogP contribution < -0.4 is 10.6 Å². The topological polar surface area (TPSA) is 105 Å². The van der Waals surface area contributed by atoms with E-state index in [1.165, 1.54) is 0 Å². The van der Waals surface area contributed by atoms with Crippen molar-refractivity contribution in [3.63, 3.8) is 0 Å². The van der Waals surface area contributed by atoms with Gasteiger partial charge in [-0.05, 0) is 42.5 Å². The molecule has 0 bridgehead atoms. The maximum Gasteiger partial charge on any atom is 0.434 e. The molecule has 0 aliphatic carbocycles. The second-order valence-corrected chi connectivity index (χ2v) is 6.09. The molecule has 11 heteroatoms. The third-order valence-corrected chi connectivity index (χ3v) is 4.27. The van der Waals surface area contributed by atoms with E-state index in [1.807, 2.05) is 5.32 Å². The van der Waals surface area contributed by atoms with Crippen molar-refractivity contribution in [2.45, 2.75) is 11.8 Å². The number of nitrogens with one attached hydrogen (secondary N) is 2. The number of hydrogen-bond acceptors (Lipinski definition) is 4. The number of ether oxygens (including phenoxy) is 1. The number of carboxylic acids is 1. The van der Waals surface area contributed by atoms with Crippen LogP contribution in [0.4, 0.5) is 28.0 Å². The molecule has 1 aliphatic rings. The maximum absolute atomic E-state index is 14.0. The molecule has 1 atom stereocenters. The molecule has 0 saturated heterocycles. The molecule has 0 aromatic heterocycles. The lowest BCUT2D eigenvalue weighted by atomic mass is 9.88. The zero-order chi connectivity index (χ0) is 21.4. The Morgan fingerprint density at radius 1 is 1.10 bits per heavy atom. The van der Waals surface area contributed by atoms with Gasteiger partial charge in [-0.25, -0.2) is 14.0 Å². The lowest BCUT2D eigenvalue weighted by Crippen LogP contribution is -2.56. The van der Waals surface area contributed by atoms with Crippen LogP contribution in [0.15, 0.2) is 42.5 Å². The molecule has 0 radical (unpaired) electrons. The minimum Gasteiger partial charge on any atom is -0.478 e. The number of rotatable bonds is 4. The van der Waals surface area contributed by atoms with Gasteiger partial charge in [-0.15, -0.1) is 0 Å². The Labute approximate surface area is 160 Å². The summed E-state index contributed by atoms with van der Waals surface area (Å²) in [6.45, 7) is -1.23. The molecular weight excluding hydrogens is 400 g/mol. The summed E-state index contributed by atoms with van der Waals surface area (Å²) < 4.78 is 59.6. The number of hydrogen-bond donors (Lipinski definition) is 3. The Hall–Kier alpha value is -3.63. The average Bonchev–Trinajstić information content (AvgIpc) is 2.64. The summed E-state index contributed by atoms with van der Waals surface area (Å²) in [6.07, 6.45) is -6.62. The molecule has 2 aromatic carbocycles. The van der Waals surface area contributed by atoms with Gasteiger partial charge in [0.2, 0.25) is 0 Å². The van der Waals surface area contributed by atoms with Gasteiger partial charge in [-0.3, -0.25) is 10.1 Å². The number of amides is 2. The number of halogens is 4. The Balaban J connectivity index is 2.02. The molecule has 2 aromatic rings. The van der Waals surface area contributed by atoms with Crippen molar-refractivity contribution >= 4 is 23.7 Å². The molecule has 152 valence electrons. The van der Waals surface area contributed by atoms with E-state index in [4.69, 9.17) is 5.11 Å². The van der Waals surface area contributed by atoms with E-state index in [-0.39, 0.29) is 11.3 Å². The number of anilines is 1. The number of fused-ring (bicyclic) bond motifs is 1. The van der Waals surface area contributed by atoms with E-state index in [1.54, 1.807) is 0 Å². The average molecular weight is 412 g/mol. The molecule has 3 N–H and O–H groups in total. The summed E-state index contributed by atoms with van der Waals surface area (Å²) in [4.78, 5) is 35.1. The molecule has 7 nitrogen and oxygen atoms in total. The third kappa shape index (κ3) is 3.71. The van der Waals surface area contributed by atoms with Crippen molar-refractivity contribution < 1.29 is 41.8 Å². The van der Waals surface area contributed by atoms with Gasteiger partial charge in [-0.2, -0.15) is 13.2 Å². The van der Waals surface area contributed by atoms with Gasteiger partial charge < -0.3 is 15.2 Å². The summed E-state index contributed by atoms with van der Waals surface area (Å²) in [5.41, 5.74) is -4.90. The monoisotopic (exact) mass is 412 g/mol. The largest absolute Gasteiger partial charge is 0.478 e. The minimum absolute atomic E-state index is 0.122. The van der Waals surface area contributed by atoms with Crippen molar-refractivity contribution in [2.75, 3.05) is 11.9 Å². The SMILES string of the molecule is O=C1Nc2ccc(C(=O)O)cc2C(CNC(=O)c2ccc(F)cc2)(C(F)(F)F)O1. The Morgan fingerprint density at radius 3 is 2.31 bits per heavy atom. The normalized spacial score (nSPS) is 18.3. The molecule has 29 heavy (non-hydrogen) atoms. The fourth-order valence-corrected chi connectivity index (χ4v) is 2.82. The highest BCUT2D eigenvalue weighted by molar-refractivity contribution is 5.95. The number of carboxylic acid groups (broad SMARTS) is 1. The summed E-state index contributed by atoms with van der Waals surface area (Å²) in [6, 6.07) is 6.77. The Morgan fingerprint density at radius 2 is 1.72 bits per heavy atom. The molecule has 1 aliphatic heterocycles. The van der Waals surface area contributed by atoms with Gasteiger partial charge in [0, 0.05) is 11.1 Å². The summed E-state index contributed by atoms with van der Waals surface area (Å²) in [5.74, 6) is -3.11. The first-order valence-corrected chi connectivity index (χ1v) is 8.02. The lowest BCUT2D eigenvalue weighted by Gasteiger charge is -2.39. The highest BCUT2D eigenvalue weighted by Crippen LogP contribution is 2.47. The van der Waals surface area contributed by atoms with Crippen molar-refractivity contribution in [2.24, 2.45) is 0 Å². The summed E-state index contributed by atoms with van der Waals surface area (Å²) >= 11 is 0. The first-order chi connectivity index (χ1) is 13.5. The van der Waals surface area contributed by atoms with Crippen molar-refractivity contribution in [1.82, 2.24) is 5.32 Å². The highest BCUT2D eigenvalue weighted by Gasteiger charge is 2.62. The molecule has 2 amide bonds. The molecule has 0 saturated carbocycles. The lowest BCUT2D eigenvalue weighted by molar-refractivity contribution is -0.261. The van der Waals surface area contributed by atoms with Crippen LogP contribution in [0, 0.1) is 5.82 Å². The second kappa shape index (κ2) is 7.08. The molecular formula is C18H12F4N2O5.